The van der Waals surface area contributed by atoms with E-state index in [4.69, 9.17) is 9.88 Å². The molecule has 1 aliphatic rings. The normalized spacial score (nSPS) is 21.0. The lowest BCUT2D eigenvalue weighted by molar-refractivity contribution is 0.414. The van der Waals surface area contributed by atoms with Crippen LogP contribution in [0.3, 0.4) is 0 Å². The topological polar surface area (TPSA) is 101 Å². The van der Waals surface area contributed by atoms with Crippen molar-refractivity contribution in [2.24, 2.45) is 5.14 Å². The molecule has 2 atom stereocenters. The molecule has 0 aliphatic carbocycles. The predicted octanol–water partition coefficient (Wildman–Crippen LogP) is 1.36. The SMILES string of the molecule is COc1ccc(Cn2c(C)cn3c(C4(C)CCN([S+](N)[O-])C4)ncc3c2=O)cc1. The average Bonchev–Trinajstić information content (AvgIpc) is 3.30. The van der Waals surface area contributed by atoms with Crippen molar-refractivity contribution in [1.29, 1.82) is 0 Å². The van der Waals surface area contributed by atoms with Gasteiger partial charge in [-0.05, 0) is 31.0 Å². The van der Waals surface area contributed by atoms with E-state index in [2.05, 4.69) is 11.9 Å². The lowest BCUT2D eigenvalue weighted by Gasteiger charge is -2.23. The Morgan fingerprint density at radius 3 is 2.69 bits per heavy atom. The first-order chi connectivity index (χ1) is 13.8. The van der Waals surface area contributed by atoms with Crippen LogP contribution in [0.1, 0.15) is 30.4 Å². The summed E-state index contributed by atoms with van der Waals surface area (Å²) >= 11 is -1.50. The monoisotopic (exact) mass is 415 g/mol. The number of rotatable bonds is 5. The Hall–Kier alpha value is -2.33. The first-order valence-electron chi connectivity index (χ1n) is 9.44. The fourth-order valence-electron chi connectivity index (χ4n) is 4.02. The number of nitrogens with two attached hydrogens (primary N) is 1. The van der Waals surface area contributed by atoms with E-state index in [1.54, 1.807) is 22.2 Å². The van der Waals surface area contributed by atoms with Crippen LogP contribution >= 0.6 is 0 Å². The highest BCUT2D eigenvalue weighted by molar-refractivity contribution is 7.86. The van der Waals surface area contributed by atoms with Crippen LogP contribution in [0.15, 0.2) is 41.5 Å². The van der Waals surface area contributed by atoms with Gasteiger partial charge in [0, 0.05) is 23.9 Å². The number of nitrogens with zero attached hydrogens (tertiary/aromatic N) is 4. The van der Waals surface area contributed by atoms with E-state index in [-0.39, 0.29) is 11.0 Å². The van der Waals surface area contributed by atoms with Gasteiger partial charge in [-0.1, -0.05) is 19.1 Å². The molecule has 1 fully saturated rings. The van der Waals surface area contributed by atoms with Crippen LogP contribution in [-0.2, 0) is 23.5 Å². The van der Waals surface area contributed by atoms with Crippen LogP contribution in [-0.4, -0.2) is 43.0 Å². The Kier molecular flexibility index (Phi) is 5.16. The number of hydrogen-bond donors (Lipinski definition) is 1. The highest BCUT2D eigenvalue weighted by Crippen LogP contribution is 2.34. The summed E-state index contributed by atoms with van der Waals surface area (Å²) in [6, 6.07) is 7.69. The standard InChI is InChI=1S/C20H25N5O3S/c1-14-11-25-17(10-22-19(25)20(2)8-9-23(13-20)29(21)27)18(26)24(14)12-15-4-6-16(28-3)7-5-15/h4-7,10-11H,8-9,12-13,21H2,1-3H3. The Balaban J connectivity index is 1.71. The zero-order chi connectivity index (χ0) is 20.8. The highest BCUT2D eigenvalue weighted by atomic mass is 32.2. The second-order valence-electron chi connectivity index (χ2n) is 7.80. The summed E-state index contributed by atoms with van der Waals surface area (Å²) in [7, 11) is 1.63. The van der Waals surface area contributed by atoms with Gasteiger partial charge >= 0.3 is 0 Å². The van der Waals surface area contributed by atoms with Crippen molar-refractivity contribution in [1.82, 2.24) is 18.3 Å². The summed E-state index contributed by atoms with van der Waals surface area (Å²) in [5.41, 5.74) is 2.00. The molecule has 1 saturated heterocycles. The predicted molar refractivity (Wildman–Crippen MR) is 112 cm³/mol. The van der Waals surface area contributed by atoms with Gasteiger partial charge in [-0.25, -0.2) is 4.98 Å². The van der Waals surface area contributed by atoms with E-state index < -0.39 is 11.5 Å². The second-order valence-corrected chi connectivity index (χ2v) is 8.87. The number of benzene rings is 1. The minimum Gasteiger partial charge on any atom is -0.579 e. The molecule has 0 bridgehead atoms. The quantitative estimate of drug-likeness (QED) is 0.632. The summed E-state index contributed by atoms with van der Waals surface area (Å²) in [6.45, 7) is 5.66. The van der Waals surface area contributed by atoms with Gasteiger partial charge in [0.25, 0.3) is 5.56 Å². The van der Waals surface area contributed by atoms with Gasteiger partial charge in [0.1, 0.15) is 28.6 Å². The van der Waals surface area contributed by atoms with E-state index in [9.17, 15) is 9.35 Å². The highest BCUT2D eigenvalue weighted by Gasteiger charge is 2.43. The van der Waals surface area contributed by atoms with Gasteiger partial charge in [-0.15, -0.1) is 9.44 Å². The summed E-state index contributed by atoms with van der Waals surface area (Å²) in [5.74, 6) is 1.59. The van der Waals surface area contributed by atoms with Crippen molar-refractivity contribution in [2.75, 3.05) is 20.2 Å². The minimum absolute atomic E-state index is 0.0829. The number of aryl methyl sites for hydroxylation is 1. The molecular formula is C20H25N5O3S. The van der Waals surface area contributed by atoms with E-state index in [0.717, 1.165) is 29.3 Å². The maximum Gasteiger partial charge on any atom is 0.276 e. The van der Waals surface area contributed by atoms with Gasteiger partial charge in [0.2, 0.25) is 0 Å². The Morgan fingerprint density at radius 2 is 2.07 bits per heavy atom. The van der Waals surface area contributed by atoms with Gasteiger partial charge in [0.05, 0.1) is 26.4 Å². The fourth-order valence-corrected chi connectivity index (χ4v) is 4.70. The van der Waals surface area contributed by atoms with Crippen molar-refractivity contribution in [3.05, 3.63) is 64.1 Å². The van der Waals surface area contributed by atoms with Crippen molar-refractivity contribution in [3.8, 4) is 5.75 Å². The number of ether oxygens (including phenoxy) is 1. The molecule has 29 heavy (non-hydrogen) atoms. The minimum atomic E-state index is -1.50. The zero-order valence-electron chi connectivity index (χ0n) is 16.8. The maximum atomic E-state index is 13.2. The van der Waals surface area contributed by atoms with Crippen LogP contribution in [0.25, 0.3) is 5.52 Å². The van der Waals surface area contributed by atoms with Crippen LogP contribution in [0.2, 0.25) is 0 Å². The van der Waals surface area contributed by atoms with Gasteiger partial charge < -0.3 is 13.9 Å². The third-order valence-corrected chi connectivity index (χ3v) is 6.56. The molecule has 4 rings (SSSR count). The number of fused-ring (bicyclic) bond motifs is 1. The first-order valence-corrected chi connectivity index (χ1v) is 10.6. The second kappa shape index (κ2) is 7.49. The summed E-state index contributed by atoms with van der Waals surface area (Å²) in [5, 5.41) is 5.55. The number of imidazole rings is 1. The Labute approximate surface area is 172 Å². The molecule has 3 heterocycles. The molecule has 1 aromatic carbocycles. The first kappa shape index (κ1) is 20.0. The van der Waals surface area contributed by atoms with E-state index >= 15 is 0 Å². The number of aromatic nitrogens is 3. The summed E-state index contributed by atoms with van der Waals surface area (Å²) < 4.78 is 22.2. The van der Waals surface area contributed by atoms with Crippen molar-refractivity contribution >= 4 is 17.1 Å². The molecule has 2 aromatic heterocycles. The Bertz CT molecular complexity index is 1090. The Morgan fingerprint density at radius 1 is 1.34 bits per heavy atom. The lowest BCUT2D eigenvalue weighted by Crippen LogP contribution is -2.38. The van der Waals surface area contributed by atoms with E-state index in [1.165, 1.54) is 0 Å². The molecule has 2 unspecified atom stereocenters. The van der Waals surface area contributed by atoms with Crippen LogP contribution < -0.4 is 15.4 Å². The summed E-state index contributed by atoms with van der Waals surface area (Å²) in [6.07, 6.45) is 4.37. The summed E-state index contributed by atoms with van der Waals surface area (Å²) in [4.78, 5) is 17.8. The fraction of sp³-hybridized carbons (Fsp3) is 0.400. The maximum absolute atomic E-state index is 13.2. The van der Waals surface area contributed by atoms with Gasteiger partial charge in [0.15, 0.2) is 0 Å². The molecule has 0 saturated carbocycles. The van der Waals surface area contributed by atoms with Gasteiger partial charge in [-0.2, -0.15) is 0 Å². The molecule has 9 heteroatoms. The molecule has 0 amide bonds. The van der Waals surface area contributed by atoms with Crippen molar-refractivity contribution in [2.45, 2.75) is 32.2 Å². The molecule has 0 spiro atoms. The van der Waals surface area contributed by atoms with E-state index in [0.29, 0.717) is 25.2 Å². The smallest absolute Gasteiger partial charge is 0.276 e. The molecule has 1 aliphatic heterocycles. The van der Waals surface area contributed by atoms with Crippen LogP contribution in [0.4, 0.5) is 0 Å². The molecule has 3 aromatic rings. The largest absolute Gasteiger partial charge is 0.579 e. The molecule has 154 valence electrons. The zero-order valence-corrected chi connectivity index (χ0v) is 17.6. The van der Waals surface area contributed by atoms with Crippen LogP contribution in [0.5, 0.6) is 5.75 Å². The molecule has 8 nitrogen and oxygen atoms in total. The van der Waals surface area contributed by atoms with Crippen molar-refractivity contribution < 1.29 is 9.29 Å². The number of methoxy groups -OCH3 is 1. The lowest BCUT2D eigenvalue weighted by atomic mass is 9.89. The molecule has 2 N–H and O–H groups in total. The average molecular weight is 416 g/mol. The van der Waals surface area contributed by atoms with Crippen molar-refractivity contribution in [3.63, 3.8) is 0 Å². The number of hydrogen-bond acceptors (Lipinski definition) is 6. The van der Waals surface area contributed by atoms with Gasteiger partial charge in [-0.3, -0.25) is 9.20 Å². The van der Waals surface area contributed by atoms with E-state index in [1.807, 2.05) is 41.8 Å². The molecular weight excluding hydrogens is 390 g/mol. The van der Waals surface area contributed by atoms with Crippen LogP contribution in [0, 0.1) is 6.92 Å². The third-order valence-electron chi connectivity index (χ3n) is 5.74. The third kappa shape index (κ3) is 3.55. The molecule has 0 radical (unpaired) electrons.